The molecule has 7 heteroatoms. The number of carbonyl (C=O) groups excluding carboxylic acids is 1. The van der Waals surface area contributed by atoms with Crippen LogP contribution in [-0.2, 0) is 17.9 Å². The first-order valence-electron chi connectivity index (χ1n) is 11.6. The fraction of sp³-hybridized carbons (Fsp3) is 0.667. The predicted molar refractivity (Wildman–Crippen MR) is 139 cm³/mol. The third kappa shape index (κ3) is 7.34. The van der Waals surface area contributed by atoms with Crippen LogP contribution >= 0.6 is 24.0 Å². The molecule has 2 fully saturated rings. The molecule has 1 saturated carbocycles. The van der Waals surface area contributed by atoms with Crippen LogP contribution in [-0.4, -0.2) is 61.9 Å². The number of aliphatic imine (C=N–C) groups is 1. The normalized spacial score (nSPS) is 18.5. The summed E-state index contributed by atoms with van der Waals surface area (Å²) in [7, 11) is 3.71. The van der Waals surface area contributed by atoms with Crippen molar-refractivity contribution >= 4 is 35.8 Å². The third-order valence-electron chi connectivity index (χ3n) is 6.41. The molecule has 1 amide bonds. The summed E-state index contributed by atoms with van der Waals surface area (Å²) in [5, 5.41) is 6.78. The van der Waals surface area contributed by atoms with Gasteiger partial charge in [-0.25, -0.2) is 4.99 Å². The quantitative estimate of drug-likeness (QED) is 0.300. The number of hydrogen-bond donors (Lipinski definition) is 2. The lowest BCUT2D eigenvalue weighted by Gasteiger charge is -2.31. The molecule has 1 saturated heterocycles. The molecule has 0 aromatic heterocycles. The van der Waals surface area contributed by atoms with Crippen molar-refractivity contribution in [3.05, 3.63) is 35.4 Å². The SMILES string of the molecule is CCNC(=NCc1ccc(CN2CCCC2)cc1)NCC1(C(=O)N(C)C)CCCC1.I. The van der Waals surface area contributed by atoms with E-state index in [4.69, 9.17) is 4.99 Å². The molecule has 1 aliphatic carbocycles. The number of nitrogens with zero attached hydrogens (tertiary/aromatic N) is 3. The minimum absolute atomic E-state index is 0. The Bertz CT molecular complexity index is 707. The van der Waals surface area contributed by atoms with E-state index < -0.39 is 0 Å². The summed E-state index contributed by atoms with van der Waals surface area (Å²) in [5.41, 5.74) is 2.29. The van der Waals surface area contributed by atoms with Crippen LogP contribution in [0.1, 0.15) is 56.6 Å². The van der Waals surface area contributed by atoms with Gasteiger partial charge in [-0.15, -0.1) is 24.0 Å². The van der Waals surface area contributed by atoms with E-state index in [0.29, 0.717) is 13.1 Å². The predicted octanol–water partition coefficient (Wildman–Crippen LogP) is 3.60. The molecule has 0 unspecified atom stereocenters. The fourth-order valence-corrected chi connectivity index (χ4v) is 4.71. The first kappa shape index (κ1) is 25.9. The van der Waals surface area contributed by atoms with Gasteiger partial charge in [0.2, 0.25) is 5.91 Å². The van der Waals surface area contributed by atoms with Gasteiger partial charge in [0.05, 0.1) is 12.0 Å². The summed E-state index contributed by atoms with van der Waals surface area (Å²) in [5.74, 6) is 1.02. The van der Waals surface area contributed by atoms with Crippen molar-refractivity contribution in [1.82, 2.24) is 20.4 Å². The van der Waals surface area contributed by atoms with E-state index in [0.717, 1.165) is 44.7 Å². The number of rotatable bonds is 8. The fourth-order valence-electron chi connectivity index (χ4n) is 4.71. The molecule has 0 radical (unpaired) electrons. The zero-order valence-electron chi connectivity index (χ0n) is 19.5. The van der Waals surface area contributed by atoms with E-state index in [1.807, 2.05) is 14.1 Å². The summed E-state index contributed by atoms with van der Waals surface area (Å²) in [6.45, 7) is 7.65. The molecule has 174 valence electrons. The number of benzene rings is 1. The Morgan fingerprint density at radius 2 is 1.65 bits per heavy atom. The second-order valence-electron chi connectivity index (χ2n) is 9.04. The molecule has 1 aromatic carbocycles. The average molecular weight is 542 g/mol. The van der Waals surface area contributed by atoms with Crippen LogP contribution in [0, 0.1) is 5.41 Å². The molecule has 1 aromatic rings. The molecule has 0 atom stereocenters. The molecule has 31 heavy (non-hydrogen) atoms. The Morgan fingerprint density at radius 3 is 2.23 bits per heavy atom. The van der Waals surface area contributed by atoms with Gasteiger partial charge in [0.15, 0.2) is 5.96 Å². The van der Waals surface area contributed by atoms with Crippen molar-refractivity contribution in [3.63, 3.8) is 0 Å². The Morgan fingerprint density at radius 1 is 1.03 bits per heavy atom. The second kappa shape index (κ2) is 12.6. The Balaban J connectivity index is 0.00000341. The van der Waals surface area contributed by atoms with Crippen LogP contribution in [0.5, 0.6) is 0 Å². The number of hydrogen-bond acceptors (Lipinski definition) is 3. The van der Waals surface area contributed by atoms with Gasteiger partial charge in [-0.3, -0.25) is 9.69 Å². The lowest BCUT2D eigenvalue weighted by molar-refractivity contribution is -0.138. The standard InChI is InChI=1S/C24H39N5O.HI/c1-4-25-23(27-19-24(13-5-6-14-24)22(30)28(2)3)26-17-20-9-11-21(12-10-20)18-29-15-7-8-16-29;/h9-12H,4-8,13-19H2,1-3H3,(H2,25,26,27);1H. The molecule has 6 nitrogen and oxygen atoms in total. The Labute approximate surface area is 205 Å². The zero-order valence-corrected chi connectivity index (χ0v) is 21.8. The number of nitrogens with one attached hydrogen (secondary N) is 2. The van der Waals surface area contributed by atoms with Gasteiger partial charge >= 0.3 is 0 Å². The van der Waals surface area contributed by atoms with E-state index in [1.54, 1.807) is 4.90 Å². The first-order chi connectivity index (χ1) is 14.5. The smallest absolute Gasteiger partial charge is 0.230 e. The zero-order chi connectivity index (χ0) is 21.4. The minimum Gasteiger partial charge on any atom is -0.357 e. The van der Waals surface area contributed by atoms with Crippen molar-refractivity contribution in [2.45, 2.75) is 58.5 Å². The molecule has 0 spiro atoms. The molecule has 2 N–H and O–H groups in total. The van der Waals surface area contributed by atoms with Crippen molar-refractivity contribution in [1.29, 1.82) is 0 Å². The maximum absolute atomic E-state index is 12.8. The lowest BCUT2D eigenvalue weighted by atomic mass is 9.84. The molecule has 1 heterocycles. The highest BCUT2D eigenvalue weighted by Gasteiger charge is 2.42. The maximum atomic E-state index is 12.8. The van der Waals surface area contributed by atoms with Crippen LogP contribution in [0.2, 0.25) is 0 Å². The van der Waals surface area contributed by atoms with E-state index in [9.17, 15) is 4.79 Å². The molecule has 1 aliphatic heterocycles. The highest BCUT2D eigenvalue weighted by molar-refractivity contribution is 14.0. The monoisotopic (exact) mass is 541 g/mol. The summed E-state index contributed by atoms with van der Waals surface area (Å²) in [4.78, 5) is 21.8. The second-order valence-corrected chi connectivity index (χ2v) is 9.04. The van der Waals surface area contributed by atoms with Gasteiger partial charge in [0, 0.05) is 33.7 Å². The summed E-state index contributed by atoms with van der Waals surface area (Å²) >= 11 is 0. The van der Waals surface area contributed by atoms with Crippen LogP contribution in [0.3, 0.4) is 0 Å². The lowest BCUT2D eigenvalue weighted by Crippen LogP contribution is -2.49. The van der Waals surface area contributed by atoms with Gasteiger partial charge in [-0.1, -0.05) is 37.1 Å². The molecular formula is C24H40IN5O. The van der Waals surface area contributed by atoms with Crippen LogP contribution in [0.15, 0.2) is 29.3 Å². The molecule has 2 aliphatic rings. The molecule has 0 bridgehead atoms. The van der Waals surface area contributed by atoms with Crippen molar-refractivity contribution in [3.8, 4) is 0 Å². The molecular weight excluding hydrogens is 501 g/mol. The number of halogens is 1. The Hall–Kier alpha value is -1.35. The van der Waals surface area contributed by atoms with Crippen molar-refractivity contribution < 1.29 is 4.79 Å². The average Bonchev–Trinajstić information content (AvgIpc) is 3.43. The van der Waals surface area contributed by atoms with Gasteiger partial charge in [0.1, 0.15) is 0 Å². The minimum atomic E-state index is -0.295. The largest absolute Gasteiger partial charge is 0.357 e. The number of likely N-dealkylation sites (tertiary alicyclic amines) is 1. The summed E-state index contributed by atoms with van der Waals surface area (Å²) < 4.78 is 0. The molecule has 3 rings (SSSR count). The number of guanidine groups is 1. The number of carbonyl (C=O) groups is 1. The van der Waals surface area contributed by atoms with Gasteiger partial charge in [-0.2, -0.15) is 0 Å². The van der Waals surface area contributed by atoms with Crippen molar-refractivity contribution in [2.75, 3.05) is 40.3 Å². The van der Waals surface area contributed by atoms with Gasteiger partial charge in [-0.05, 0) is 56.8 Å². The van der Waals surface area contributed by atoms with E-state index in [-0.39, 0.29) is 35.3 Å². The summed E-state index contributed by atoms with van der Waals surface area (Å²) in [6.07, 6.45) is 6.81. The first-order valence-corrected chi connectivity index (χ1v) is 11.6. The van der Waals surface area contributed by atoms with Gasteiger partial charge < -0.3 is 15.5 Å². The number of amides is 1. The van der Waals surface area contributed by atoms with E-state index in [1.165, 1.54) is 37.1 Å². The summed E-state index contributed by atoms with van der Waals surface area (Å²) in [6, 6.07) is 8.83. The Kier molecular flexibility index (Phi) is 10.6. The van der Waals surface area contributed by atoms with E-state index >= 15 is 0 Å². The third-order valence-corrected chi connectivity index (χ3v) is 6.41. The maximum Gasteiger partial charge on any atom is 0.230 e. The van der Waals surface area contributed by atoms with Gasteiger partial charge in [0.25, 0.3) is 0 Å². The highest BCUT2D eigenvalue weighted by atomic mass is 127. The highest BCUT2D eigenvalue weighted by Crippen LogP contribution is 2.38. The van der Waals surface area contributed by atoms with Crippen LogP contribution in [0.25, 0.3) is 0 Å². The van der Waals surface area contributed by atoms with Crippen molar-refractivity contribution in [2.24, 2.45) is 10.4 Å². The van der Waals surface area contributed by atoms with Crippen LogP contribution in [0.4, 0.5) is 0 Å². The van der Waals surface area contributed by atoms with Crippen LogP contribution < -0.4 is 10.6 Å². The van der Waals surface area contributed by atoms with E-state index in [2.05, 4.69) is 46.7 Å². The topological polar surface area (TPSA) is 60.0 Å².